The molecule has 8 heteroatoms. The van der Waals surface area contributed by atoms with E-state index in [1.807, 2.05) is 0 Å². The minimum atomic E-state index is -3.84. The van der Waals surface area contributed by atoms with Crippen LogP contribution in [0.3, 0.4) is 0 Å². The predicted molar refractivity (Wildman–Crippen MR) is 74.3 cm³/mol. The van der Waals surface area contributed by atoms with Crippen LogP contribution in [-0.2, 0) is 10.0 Å². The Morgan fingerprint density at radius 2 is 2.00 bits per heavy atom. The first-order chi connectivity index (χ1) is 9.03. The molecule has 6 nitrogen and oxygen atoms in total. The highest BCUT2D eigenvalue weighted by molar-refractivity contribution is 7.92. The van der Waals surface area contributed by atoms with Crippen molar-refractivity contribution in [1.82, 2.24) is 4.98 Å². The van der Waals surface area contributed by atoms with Crippen LogP contribution in [0.2, 0.25) is 5.02 Å². The molecule has 100 valence electrons. The van der Waals surface area contributed by atoms with Crippen molar-refractivity contribution < 1.29 is 8.42 Å². The second-order valence-electron chi connectivity index (χ2n) is 3.62. The molecular weight excluding hydrogens is 288 g/mol. The lowest BCUT2D eigenvalue weighted by Crippen LogP contribution is -2.18. The lowest BCUT2D eigenvalue weighted by atomic mass is 10.3. The fraction of sp³-hybridized carbons (Fsp3) is 0. The van der Waals surface area contributed by atoms with Crippen molar-refractivity contribution in [3.05, 3.63) is 47.6 Å². The average Bonchev–Trinajstić information content (AvgIpc) is 2.38. The molecule has 0 radical (unpaired) electrons. The minimum absolute atomic E-state index is 0.183. The molecule has 0 bridgehead atoms. The Balaban J connectivity index is 2.38. The smallest absolute Gasteiger partial charge is 0.281 e. The van der Waals surface area contributed by atoms with Gasteiger partial charge in [-0.1, -0.05) is 17.7 Å². The van der Waals surface area contributed by atoms with E-state index < -0.39 is 10.0 Å². The van der Waals surface area contributed by atoms with Crippen molar-refractivity contribution in [2.45, 2.75) is 5.03 Å². The number of nitrogens with zero attached hydrogens (tertiary/aromatic N) is 1. The van der Waals surface area contributed by atoms with Gasteiger partial charge in [0.15, 0.2) is 0 Å². The van der Waals surface area contributed by atoms with Crippen molar-refractivity contribution in [1.29, 1.82) is 0 Å². The third-order valence-electron chi connectivity index (χ3n) is 2.26. The Hall–Kier alpha value is -1.83. The molecule has 0 aliphatic rings. The van der Waals surface area contributed by atoms with E-state index in [1.54, 1.807) is 24.3 Å². The summed E-state index contributed by atoms with van der Waals surface area (Å²) >= 11 is 5.80. The third kappa shape index (κ3) is 3.14. The van der Waals surface area contributed by atoms with Gasteiger partial charge in [0.05, 0.1) is 11.4 Å². The summed E-state index contributed by atoms with van der Waals surface area (Å²) in [5.74, 6) is 5.26. The summed E-state index contributed by atoms with van der Waals surface area (Å²) in [6.45, 7) is 0. The van der Waals surface area contributed by atoms with Crippen LogP contribution in [0.4, 0.5) is 11.4 Å². The van der Waals surface area contributed by atoms with Crippen LogP contribution in [0, 0.1) is 0 Å². The number of anilines is 2. The van der Waals surface area contributed by atoms with Gasteiger partial charge in [-0.2, -0.15) is 8.42 Å². The molecule has 0 amide bonds. The fourth-order valence-corrected chi connectivity index (χ4v) is 2.81. The van der Waals surface area contributed by atoms with E-state index in [-0.39, 0.29) is 10.7 Å². The van der Waals surface area contributed by atoms with Crippen LogP contribution in [0.5, 0.6) is 0 Å². The number of rotatable bonds is 4. The molecule has 2 rings (SSSR count). The van der Waals surface area contributed by atoms with Crippen LogP contribution in [0.25, 0.3) is 0 Å². The van der Waals surface area contributed by atoms with Crippen LogP contribution in [0.1, 0.15) is 0 Å². The maximum absolute atomic E-state index is 12.2. The first kappa shape index (κ1) is 13.6. The fourth-order valence-electron chi connectivity index (χ4n) is 1.47. The highest BCUT2D eigenvalue weighted by Crippen LogP contribution is 2.22. The molecule has 1 aromatic heterocycles. The molecule has 0 atom stereocenters. The van der Waals surface area contributed by atoms with Gasteiger partial charge in [0.2, 0.25) is 5.03 Å². The Labute approximate surface area is 115 Å². The van der Waals surface area contributed by atoms with Gasteiger partial charge in [0.1, 0.15) is 0 Å². The maximum Gasteiger partial charge on any atom is 0.281 e. The maximum atomic E-state index is 12.2. The van der Waals surface area contributed by atoms with Gasteiger partial charge in [-0.25, -0.2) is 4.98 Å². The number of nitrogen functional groups attached to an aromatic ring is 1. The number of hydrogen-bond acceptors (Lipinski definition) is 5. The van der Waals surface area contributed by atoms with Gasteiger partial charge >= 0.3 is 0 Å². The zero-order chi connectivity index (χ0) is 13.9. The number of hydrogen-bond donors (Lipinski definition) is 3. The summed E-state index contributed by atoms with van der Waals surface area (Å²) in [6, 6.07) is 9.46. The largest absolute Gasteiger partial charge is 0.321 e. The standard InChI is InChI=1S/C11H11ClN4O2S/c12-8-3-1-4-9(7-8)16-19(17,18)11-10(15-13)5-2-6-14-11/h1-7,15-16H,13H2. The molecule has 0 saturated carbocycles. The number of nitrogens with two attached hydrogens (primary N) is 1. The molecule has 2 aromatic rings. The molecule has 4 N–H and O–H groups in total. The Bertz CT molecular complexity index is 691. The highest BCUT2D eigenvalue weighted by Gasteiger charge is 2.19. The number of hydrazine groups is 1. The number of aromatic nitrogens is 1. The predicted octanol–water partition coefficient (Wildman–Crippen LogP) is 1.82. The van der Waals surface area contributed by atoms with Crippen molar-refractivity contribution >= 4 is 33.0 Å². The van der Waals surface area contributed by atoms with E-state index in [9.17, 15) is 8.42 Å². The molecule has 0 unspecified atom stereocenters. The van der Waals surface area contributed by atoms with E-state index in [0.29, 0.717) is 10.7 Å². The lowest BCUT2D eigenvalue weighted by Gasteiger charge is -2.10. The molecule has 0 spiro atoms. The average molecular weight is 299 g/mol. The zero-order valence-corrected chi connectivity index (χ0v) is 11.2. The third-order valence-corrected chi connectivity index (χ3v) is 3.83. The molecule has 19 heavy (non-hydrogen) atoms. The van der Waals surface area contributed by atoms with E-state index in [1.165, 1.54) is 18.3 Å². The number of benzene rings is 1. The van der Waals surface area contributed by atoms with Crippen molar-refractivity contribution in [2.24, 2.45) is 5.84 Å². The highest BCUT2D eigenvalue weighted by atomic mass is 35.5. The molecule has 0 saturated heterocycles. The molecule has 0 aliphatic carbocycles. The second kappa shape index (κ2) is 5.43. The molecule has 1 aromatic carbocycles. The van der Waals surface area contributed by atoms with Gasteiger partial charge in [0.25, 0.3) is 10.0 Å². The monoisotopic (exact) mass is 298 g/mol. The van der Waals surface area contributed by atoms with E-state index in [4.69, 9.17) is 17.4 Å². The van der Waals surface area contributed by atoms with Crippen LogP contribution >= 0.6 is 11.6 Å². The first-order valence-electron chi connectivity index (χ1n) is 5.23. The molecule has 0 aliphatic heterocycles. The summed E-state index contributed by atoms with van der Waals surface area (Å²) in [6.07, 6.45) is 1.37. The lowest BCUT2D eigenvalue weighted by molar-refractivity contribution is 0.598. The van der Waals surface area contributed by atoms with Crippen molar-refractivity contribution in [3.8, 4) is 0 Å². The normalized spacial score (nSPS) is 11.1. The Morgan fingerprint density at radius 3 is 2.68 bits per heavy atom. The van der Waals surface area contributed by atoms with Gasteiger partial charge in [0, 0.05) is 11.2 Å². The molecular formula is C11H11ClN4O2S. The van der Waals surface area contributed by atoms with Crippen molar-refractivity contribution in [3.63, 3.8) is 0 Å². The summed E-state index contributed by atoms with van der Waals surface area (Å²) in [4.78, 5) is 3.81. The second-order valence-corrected chi connectivity index (χ2v) is 5.65. The van der Waals surface area contributed by atoms with Crippen LogP contribution in [-0.4, -0.2) is 13.4 Å². The quantitative estimate of drug-likeness (QED) is 0.591. The number of pyridine rings is 1. The summed E-state index contributed by atoms with van der Waals surface area (Å²) < 4.78 is 26.7. The topological polar surface area (TPSA) is 97.1 Å². The van der Waals surface area contributed by atoms with Crippen LogP contribution < -0.4 is 16.0 Å². The molecule has 0 fully saturated rings. The summed E-state index contributed by atoms with van der Waals surface area (Å²) in [5.41, 5.74) is 2.84. The first-order valence-corrected chi connectivity index (χ1v) is 7.09. The van der Waals surface area contributed by atoms with E-state index >= 15 is 0 Å². The summed E-state index contributed by atoms with van der Waals surface area (Å²) in [7, 11) is -3.84. The van der Waals surface area contributed by atoms with Gasteiger partial charge in [-0.15, -0.1) is 0 Å². The zero-order valence-electron chi connectivity index (χ0n) is 9.67. The minimum Gasteiger partial charge on any atom is -0.321 e. The Morgan fingerprint density at radius 1 is 1.21 bits per heavy atom. The summed E-state index contributed by atoms with van der Waals surface area (Å²) in [5, 5.41) is 0.246. The van der Waals surface area contributed by atoms with Crippen LogP contribution in [0.15, 0.2) is 47.6 Å². The van der Waals surface area contributed by atoms with Gasteiger partial charge < -0.3 is 5.43 Å². The van der Waals surface area contributed by atoms with Gasteiger partial charge in [-0.3, -0.25) is 10.6 Å². The van der Waals surface area contributed by atoms with E-state index in [2.05, 4.69) is 15.1 Å². The number of nitrogens with one attached hydrogen (secondary N) is 2. The van der Waals surface area contributed by atoms with Crippen molar-refractivity contribution in [2.75, 3.05) is 10.1 Å². The van der Waals surface area contributed by atoms with E-state index in [0.717, 1.165) is 0 Å². The molecule has 1 heterocycles. The Kier molecular flexibility index (Phi) is 3.89. The van der Waals surface area contributed by atoms with Gasteiger partial charge in [-0.05, 0) is 30.3 Å². The SMILES string of the molecule is NNc1cccnc1S(=O)(=O)Nc1cccc(Cl)c1. The number of sulfonamides is 1. The number of halogens is 1.